The van der Waals surface area contributed by atoms with E-state index in [-0.39, 0.29) is 5.91 Å². The summed E-state index contributed by atoms with van der Waals surface area (Å²) in [5.74, 6) is 3.56. The molecule has 0 radical (unpaired) electrons. The van der Waals surface area contributed by atoms with Gasteiger partial charge in [0, 0.05) is 13.1 Å². The molecule has 0 aromatic rings. The largest absolute Gasteiger partial charge is 0.378 e. The van der Waals surface area contributed by atoms with Crippen molar-refractivity contribution in [2.75, 3.05) is 50.9 Å². The molecule has 2 aliphatic rings. The number of thioether (sulfide) groups is 1. The standard InChI is InChI=1S/C12H22N2O2S/c15-12(14-3-5-16-6-4-14)10-13-9-11-1-7-17-8-2-11/h11,13H,1-10H2. The van der Waals surface area contributed by atoms with Gasteiger partial charge in [-0.15, -0.1) is 0 Å². The van der Waals surface area contributed by atoms with Gasteiger partial charge in [0.1, 0.15) is 0 Å². The first-order valence-electron chi connectivity index (χ1n) is 6.50. The Bertz CT molecular complexity index is 239. The monoisotopic (exact) mass is 258 g/mol. The maximum Gasteiger partial charge on any atom is 0.236 e. The van der Waals surface area contributed by atoms with Gasteiger partial charge in [-0.25, -0.2) is 0 Å². The molecule has 98 valence electrons. The molecule has 0 aromatic heterocycles. The maximum atomic E-state index is 11.8. The van der Waals surface area contributed by atoms with Crippen LogP contribution in [0.3, 0.4) is 0 Å². The first-order valence-corrected chi connectivity index (χ1v) is 7.65. The van der Waals surface area contributed by atoms with Gasteiger partial charge in [0.25, 0.3) is 0 Å². The Kier molecular flexibility index (Phi) is 5.61. The molecule has 0 aliphatic carbocycles. The van der Waals surface area contributed by atoms with Crippen LogP contribution < -0.4 is 5.32 Å². The second-order valence-electron chi connectivity index (χ2n) is 4.68. The zero-order valence-electron chi connectivity index (χ0n) is 10.3. The van der Waals surface area contributed by atoms with Crippen LogP contribution in [0.1, 0.15) is 12.8 Å². The molecular weight excluding hydrogens is 236 g/mol. The average molecular weight is 258 g/mol. The normalized spacial score (nSPS) is 22.7. The molecule has 0 aromatic carbocycles. The van der Waals surface area contributed by atoms with Gasteiger partial charge in [0.2, 0.25) is 5.91 Å². The fourth-order valence-electron chi connectivity index (χ4n) is 2.26. The first-order chi connectivity index (χ1) is 8.36. The zero-order chi connectivity index (χ0) is 11.9. The topological polar surface area (TPSA) is 41.6 Å². The van der Waals surface area contributed by atoms with E-state index in [1.807, 2.05) is 16.7 Å². The average Bonchev–Trinajstić information content (AvgIpc) is 2.41. The molecule has 2 saturated heterocycles. The van der Waals surface area contributed by atoms with Crippen molar-refractivity contribution in [2.24, 2.45) is 5.92 Å². The van der Waals surface area contributed by atoms with Crippen LogP contribution in [0.5, 0.6) is 0 Å². The fourth-order valence-corrected chi connectivity index (χ4v) is 3.46. The van der Waals surface area contributed by atoms with Gasteiger partial charge in [0.15, 0.2) is 0 Å². The van der Waals surface area contributed by atoms with E-state index >= 15 is 0 Å². The number of carbonyl (C=O) groups is 1. The number of hydrogen-bond donors (Lipinski definition) is 1. The minimum absolute atomic E-state index is 0.221. The van der Waals surface area contributed by atoms with E-state index in [0.29, 0.717) is 19.8 Å². The Labute approximate surface area is 107 Å². The molecule has 0 atom stereocenters. The van der Waals surface area contributed by atoms with Crippen LogP contribution in [-0.4, -0.2) is 61.7 Å². The number of nitrogens with zero attached hydrogens (tertiary/aromatic N) is 1. The summed E-state index contributed by atoms with van der Waals surface area (Å²) < 4.78 is 5.23. The molecule has 5 heteroatoms. The summed E-state index contributed by atoms with van der Waals surface area (Å²) in [6, 6.07) is 0. The third-order valence-electron chi connectivity index (χ3n) is 3.41. The summed E-state index contributed by atoms with van der Waals surface area (Å²) in [4.78, 5) is 13.7. The van der Waals surface area contributed by atoms with E-state index in [0.717, 1.165) is 25.6 Å². The molecule has 17 heavy (non-hydrogen) atoms. The van der Waals surface area contributed by atoms with Crippen molar-refractivity contribution in [1.29, 1.82) is 0 Å². The van der Waals surface area contributed by atoms with E-state index < -0.39 is 0 Å². The lowest BCUT2D eigenvalue weighted by Gasteiger charge is -2.27. The van der Waals surface area contributed by atoms with E-state index in [1.54, 1.807) is 0 Å². The predicted molar refractivity (Wildman–Crippen MR) is 70.3 cm³/mol. The number of rotatable bonds is 4. The second kappa shape index (κ2) is 7.24. The van der Waals surface area contributed by atoms with Crippen molar-refractivity contribution in [3.05, 3.63) is 0 Å². The van der Waals surface area contributed by atoms with Gasteiger partial charge in [-0.1, -0.05) is 0 Å². The van der Waals surface area contributed by atoms with Crippen LogP contribution in [0.25, 0.3) is 0 Å². The van der Waals surface area contributed by atoms with Crippen LogP contribution in [-0.2, 0) is 9.53 Å². The molecule has 2 heterocycles. The van der Waals surface area contributed by atoms with Crippen molar-refractivity contribution < 1.29 is 9.53 Å². The van der Waals surface area contributed by atoms with Crippen LogP contribution in [0.15, 0.2) is 0 Å². The van der Waals surface area contributed by atoms with E-state index in [1.165, 1.54) is 24.3 Å². The number of hydrogen-bond acceptors (Lipinski definition) is 4. The van der Waals surface area contributed by atoms with Crippen molar-refractivity contribution in [2.45, 2.75) is 12.8 Å². The number of amides is 1. The van der Waals surface area contributed by atoms with Gasteiger partial charge >= 0.3 is 0 Å². The van der Waals surface area contributed by atoms with E-state index in [4.69, 9.17) is 4.74 Å². The Morgan fingerprint density at radius 1 is 1.29 bits per heavy atom. The van der Waals surface area contributed by atoms with Gasteiger partial charge in [-0.2, -0.15) is 11.8 Å². The third-order valence-corrected chi connectivity index (χ3v) is 4.46. The summed E-state index contributed by atoms with van der Waals surface area (Å²) in [7, 11) is 0. The first kappa shape index (κ1) is 13.2. The van der Waals surface area contributed by atoms with Crippen molar-refractivity contribution in [3.63, 3.8) is 0 Å². The fraction of sp³-hybridized carbons (Fsp3) is 0.917. The second-order valence-corrected chi connectivity index (χ2v) is 5.90. The maximum absolute atomic E-state index is 11.8. The smallest absolute Gasteiger partial charge is 0.236 e. The highest BCUT2D eigenvalue weighted by Crippen LogP contribution is 2.21. The van der Waals surface area contributed by atoms with Crippen LogP contribution >= 0.6 is 11.8 Å². The Hall–Kier alpha value is -0.260. The van der Waals surface area contributed by atoms with E-state index in [2.05, 4.69) is 5.32 Å². The lowest BCUT2D eigenvalue weighted by Crippen LogP contribution is -2.45. The lowest BCUT2D eigenvalue weighted by molar-refractivity contribution is -0.134. The molecule has 4 nitrogen and oxygen atoms in total. The van der Waals surface area contributed by atoms with Crippen molar-refractivity contribution in [3.8, 4) is 0 Å². The minimum Gasteiger partial charge on any atom is -0.378 e. The van der Waals surface area contributed by atoms with Crippen LogP contribution in [0, 0.1) is 5.92 Å². The highest BCUT2D eigenvalue weighted by Gasteiger charge is 2.17. The predicted octanol–water partition coefficient (Wildman–Crippen LogP) is 0.578. The molecule has 2 rings (SSSR count). The highest BCUT2D eigenvalue weighted by molar-refractivity contribution is 7.99. The Morgan fingerprint density at radius 3 is 2.71 bits per heavy atom. The molecule has 0 unspecified atom stereocenters. The van der Waals surface area contributed by atoms with Crippen LogP contribution in [0.2, 0.25) is 0 Å². The quantitative estimate of drug-likeness (QED) is 0.801. The molecule has 1 amide bonds. The highest BCUT2D eigenvalue weighted by atomic mass is 32.2. The van der Waals surface area contributed by atoms with Gasteiger partial charge < -0.3 is 15.0 Å². The summed E-state index contributed by atoms with van der Waals surface area (Å²) in [5, 5.41) is 3.31. The summed E-state index contributed by atoms with van der Waals surface area (Å²) in [6.07, 6.45) is 2.59. The van der Waals surface area contributed by atoms with Crippen molar-refractivity contribution in [1.82, 2.24) is 10.2 Å². The Morgan fingerprint density at radius 2 is 2.00 bits per heavy atom. The minimum atomic E-state index is 0.221. The van der Waals surface area contributed by atoms with Crippen LogP contribution in [0.4, 0.5) is 0 Å². The number of morpholine rings is 1. The van der Waals surface area contributed by atoms with Gasteiger partial charge in [-0.05, 0) is 36.8 Å². The molecular formula is C12H22N2O2S. The van der Waals surface area contributed by atoms with Crippen molar-refractivity contribution >= 4 is 17.7 Å². The van der Waals surface area contributed by atoms with E-state index in [9.17, 15) is 4.79 Å². The summed E-state index contributed by atoms with van der Waals surface area (Å²) in [5.41, 5.74) is 0. The summed E-state index contributed by atoms with van der Waals surface area (Å²) >= 11 is 2.04. The molecule has 2 fully saturated rings. The molecule has 0 spiro atoms. The lowest BCUT2D eigenvalue weighted by atomic mass is 10.0. The molecule has 0 saturated carbocycles. The number of nitrogens with one attached hydrogen (secondary N) is 1. The molecule has 0 bridgehead atoms. The molecule has 1 N–H and O–H groups in total. The summed E-state index contributed by atoms with van der Waals surface area (Å²) in [6.45, 7) is 4.36. The number of carbonyl (C=O) groups excluding carboxylic acids is 1. The molecule has 2 aliphatic heterocycles. The third kappa shape index (κ3) is 4.48. The van der Waals surface area contributed by atoms with Gasteiger partial charge in [0.05, 0.1) is 19.8 Å². The zero-order valence-corrected chi connectivity index (χ0v) is 11.1. The Balaban J connectivity index is 1.58. The SMILES string of the molecule is O=C(CNCC1CCSCC1)N1CCOCC1. The number of ether oxygens (including phenoxy) is 1. The van der Waals surface area contributed by atoms with Gasteiger partial charge in [-0.3, -0.25) is 4.79 Å².